The highest BCUT2D eigenvalue weighted by atomic mass is 79.9. The third kappa shape index (κ3) is 3.40. The summed E-state index contributed by atoms with van der Waals surface area (Å²) in [6, 6.07) is 6.21. The van der Waals surface area contributed by atoms with Crippen molar-refractivity contribution >= 4 is 33.2 Å². The zero-order chi connectivity index (χ0) is 15.6. The van der Waals surface area contributed by atoms with Crippen LogP contribution < -0.4 is 5.32 Å². The summed E-state index contributed by atoms with van der Waals surface area (Å²) in [4.78, 5) is 22.0. The number of nitro benzene ring substituents is 1. The maximum absolute atomic E-state index is 13.1. The van der Waals surface area contributed by atoms with E-state index in [9.17, 15) is 23.7 Å². The fourth-order valence-electron chi connectivity index (χ4n) is 1.62. The number of carbonyl (C=O) groups is 1. The molecular weight excluding hydrogens is 350 g/mol. The van der Waals surface area contributed by atoms with Crippen molar-refractivity contribution in [2.75, 3.05) is 5.32 Å². The van der Waals surface area contributed by atoms with E-state index < -0.39 is 28.2 Å². The van der Waals surface area contributed by atoms with Crippen LogP contribution in [0.15, 0.2) is 40.9 Å². The SMILES string of the molecule is O=C(Nc1ccc(F)cc1[N+](=O)[O-])c1cc(F)ccc1Br. The predicted octanol–water partition coefficient (Wildman–Crippen LogP) is 3.89. The second-order valence-electron chi connectivity index (χ2n) is 4.00. The first-order chi connectivity index (χ1) is 9.88. The molecule has 0 spiro atoms. The van der Waals surface area contributed by atoms with Gasteiger partial charge in [-0.1, -0.05) is 0 Å². The van der Waals surface area contributed by atoms with E-state index in [1.54, 1.807) is 0 Å². The Bertz CT molecular complexity index is 737. The Morgan fingerprint density at radius 3 is 2.43 bits per heavy atom. The summed E-state index contributed by atoms with van der Waals surface area (Å²) in [5, 5.41) is 13.1. The molecule has 5 nitrogen and oxygen atoms in total. The van der Waals surface area contributed by atoms with Gasteiger partial charge in [0.15, 0.2) is 0 Å². The average molecular weight is 357 g/mol. The normalized spacial score (nSPS) is 10.2. The first-order valence-corrected chi connectivity index (χ1v) is 6.38. The number of rotatable bonds is 3. The van der Waals surface area contributed by atoms with E-state index in [1.807, 2.05) is 0 Å². The molecule has 108 valence electrons. The Morgan fingerprint density at radius 2 is 1.76 bits per heavy atom. The van der Waals surface area contributed by atoms with Crippen molar-refractivity contribution in [2.24, 2.45) is 0 Å². The minimum absolute atomic E-state index is 0.0337. The Hall–Kier alpha value is -2.35. The lowest BCUT2D eigenvalue weighted by molar-refractivity contribution is -0.384. The van der Waals surface area contributed by atoms with Gasteiger partial charge in [-0.25, -0.2) is 8.78 Å². The monoisotopic (exact) mass is 356 g/mol. The molecule has 0 heterocycles. The van der Waals surface area contributed by atoms with Crippen molar-refractivity contribution in [2.45, 2.75) is 0 Å². The van der Waals surface area contributed by atoms with Gasteiger partial charge in [0.1, 0.15) is 17.3 Å². The number of anilines is 1. The predicted molar refractivity (Wildman–Crippen MR) is 75.1 cm³/mol. The third-order valence-electron chi connectivity index (χ3n) is 2.58. The molecular formula is C13H7BrF2N2O3. The molecule has 21 heavy (non-hydrogen) atoms. The van der Waals surface area contributed by atoms with Crippen LogP contribution in [-0.2, 0) is 0 Å². The minimum Gasteiger partial charge on any atom is -0.316 e. The molecule has 0 bridgehead atoms. The first-order valence-electron chi connectivity index (χ1n) is 5.59. The van der Waals surface area contributed by atoms with Crippen LogP contribution >= 0.6 is 15.9 Å². The smallest absolute Gasteiger partial charge is 0.295 e. The number of nitrogens with one attached hydrogen (secondary N) is 1. The van der Waals surface area contributed by atoms with Crippen molar-refractivity contribution < 1.29 is 18.5 Å². The molecule has 0 aliphatic rings. The van der Waals surface area contributed by atoms with Gasteiger partial charge in [0, 0.05) is 4.47 Å². The van der Waals surface area contributed by atoms with Crippen LogP contribution in [0.3, 0.4) is 0 Å². The molecule has 8 heteroatoms. The highest BCUT2D eigenvalue weighted by Gasteiger charge is 2.19. The van der Waals surface area contributed by atoms with E-state index in [4.69, 9.17) is 0 Å². The van der Waals surface area contributed by atoms with Gasteiger partial charge in [-0.3, -0.25) is 14.9 Å². The summed E-state index contributed by atoms with van der Waals surface area (Å²) in [5.41, 5.74) is -0.799. The average Bonchev–Trinajstić information content (AvgIpc) is 2.43. The summed E-state index contributed by atoms with van der Waals surface area (Å²) in [6.07, 6.45) is 0. The van der Waals surface area contributed by atoms with E-state index in [0.717, 1.165) is 24.3 Å². The van der Waals surface area contributed by atoms with Gasteiger partial charge in [0.25, 0.3) is 11.6 Å². The van der Waals surface area contributed by atoms with E-state index in [0.29, 0.717) is 10.5 Å². The molecule has 0 atom stereocenters. The van der Waals surface area contributed by atoms with Crippen LogP contribution in [0, 0.1) is 21.7 Å². The lowest BCUT2D eigenvalue weighted by Crippen LogP contribution is -2.14. The molecule has 1 amide bonds. The fraction of sp³-hybridized carbons (Fsp3) is 0. The Kier molecular flexibility index (Phi) is 4.27. The fourth-order valence-corrected chi connectivity index (χ4v) is 2.05. The number of halogens is 3. The van der Waals surface area contributed by atoms with Gasteiger partial charge in [0.2, 0.25) is 0 Å². The van der Waals surface area contributed by atoms with Crippen molar-refractivity contribution in [1.82, 2.24) is 0 Å². The number of amides is 1. The van der Waals surface area contributed by atoms with Crippen LogP contribution in [0.25, 0.3) is 0 Å². The molecule has 2 aromatic carbocycles. The highest BCUT2D eigenvalue weighted by Crippen LogP contribution is 2.26. The maximum Gasteiger partial charge on any atom is 0.295 e. The van der Waals surface area contributed by atoms with Gasteiger partial charge < -0.3 is 5.32 Å². The van der Waals surface area contributed by atoms with Crippen LogP contribution in [0.4, 0.5) is 20.2 Å². The number of hydrogen-bond acceptors (Lipinski definition) is 3. The summed E-state index contributed by atoms with van der Waals surface area (Å²) in [5.74, 6) is -2.18. The third-order valence-corrected chi connectivity index (χ3v) is 3.27. The zero-order valence-electron chi connectivity index (χ0n) is 10.3. The van der Waals surface area contributed by atoms with Gasteiger partial charge in [-0.2, -0.15) is 0 Å². The number of nitro groups is 1. The van der Waals surface area contributed by atoms with Crippen molar-refractivity contribution in [3.05, 3.63) is 68.2 Å². The Morgan fingerprint density at radius 1 is 1.14 bits per heavy atom. The molecule has 0 fully saturated rings. The van der Waals surface area contributed by atoms with Crippen LogP contribution in [0.2, 0.25) is 0 Å². The molecule has 0 aliphatic heterocycles. The summed E-state index contributed by atoms with van der Waals surface area (Å²) in [6.45, 7) is 0. The molecule has 2 rings (SSSR count). The maximum atomic E-state index is 13.1. The number of nitrogens with zero attached hydrogens (tertiary/aromatic N) is 1. The second-order valence-corrected chi connectivity index (χ2v) is 4.85. The van der Waals surface area contributed by atoms with Crippen molar-refractivity contribution in [3.8, 4) is 0 Å². The quantitative estimate of drug-likeness (QED) is 0.669. The van der Waals surface area contributed by atoms with E-state index in [2.05, 4.69) is 21.2 Å². The summed E-state index contributed by atoms with van der Waals surface area (Å²) < 4.78 is 26.5. The van der Waals surface area contributed by atoms with Crippen LogP contribution in [0.1, 0.15) is 10.4 Å². The largest absolute Gasteiger partial charge is 0.316 e. The molecule has 0 aromatic heterocycles. The van der Waals surface area contributed by atoms with Gasteiger partial charge in [0.05, 0.1) is 16.6 Å². The van der Waals surface area contributed by atoms with E-state index >= 15 is 0 Å². The summed E-state index contributed by atoms with van der Waals surface area (Å²) >= 11 is 3.08. The Labute approximate surface area is 125 Å². The van der Waals surface area contributed by atoms with Crippen LogP contribution in [-0.4, -0.2) is 10.8 Å². The van der Waals surface area contributed by atoms with Gasteiger partial charge in [-0.15, -0.1) is 0 Å². The summed E-state index contributed by atoms with van der Waals surface area (Å²) in [7, 11) is 0. The van der Waals surface area contributed by atoms with Crippen molar-refractivity contribution in [3.63, 3.8) is 0 Å². The lowest BCUT2D eigenvalue weighted by atomic mass is 10.2. The molecule has 2 aromatic rings. The topological polar surface area (TPSA) is 72.2 Å². The van der Waals surface area contributed by atoms with E-state index in [1.165, 1.54) is 6.07 Å². The molecule has 1 N–H and O–H groups in total. The lowest BCUT2D eigenvalue weighted by Gasteiger charge is -2.07. The number of hydrogen-bond donors (Lipinski definition) is 1. The van der Waals surface area contributed by atoms with E-state index in [-0.39, 0.29) is 11.3 Å². The highest BCUT2D eigenvalue weighted by molar-refractivity contribution is 9.10. The Balaban J connectivity index is 2.36. The molecule has 0 saturated carbocycles. The van der Waals surface area contributed by atoms with Gasteiger partial charge >= 0.3 is 0 Å². The molecule has 0 saturated heterocycles. The minimum atomic E-state index is -0.820. The molecule has 0 unspecified atom stereocenters. The second kappa shape index (κ2) is 5.96. The standard InChI is InChI=1S/C13H7BrF2N2O3/c14-10-3-1-7(15)5-9(10)13(19)17-11-4-2-8(16)6-12(11)18(20)21/h1-6H,(H,17,19). The van der Waals surface area contributed by atoms with Crippen LogP contribution in [0.5, 0.6) is 0 Å². The van der Waals surface area contributed by atoms with Crippen molar-refractivity contribution in [1.29, 1.82) is 0 Å². The molecule has 0 radical (unpaired) electrons. The zero-order valence-corrected chi connectivity index (χ0v) is 11.9. The van der Waals surface area contributed by atoms with Gasteiger partial charge in [-0.05, 0) is 46.3 Å². The number of benzene rings is 2. The molecule has 0 aliphatic carbocycles. The first kappa shape index (κ1) is 15.0. The number of carbonyl (C=O) groups excluding carboxylic acids is 1.